The van der Waals surface area contributed by atoms with E-state index in [2.05, 4.69) is 61.8 Å². The number of carbonyl (C=O) groups excluding carboxylic acids is 1. The van der Waals surface area contributed by atoms with E-state index in [-0.39, 0.29) is 5.91 Å². The number of rotatable bonds is 6. The van der Waals surface area contributed by atoms with Gasteiger partial charge in [0.2, 0.25) is 0 Å². The average Bonchev–Trinajstić information content (AvgIpc) is 2.78. The Morgan fingerprint density at radius 1 is 1.00 bits per heavy atom. The van der Waals surface area contributed by atoms with E-state index in [4.69, 9.17) is 0 Å². The first kappa shape index (κ1) is 20.9. The van der Waals surface area contributed by atoms with Gasteiger partial charge in [-0.1, -0.05) is 42.5 Å². The minimum atomic E-state index is -0.0519. The van der Waals surface area contributed by atoms with Gasteiger partial charge in [0.15, 0.2) is 5.96 Å². The smallest absolute Gasteiger partial charge is 0.251 e. The van der Waals surface area contributed by atoms with Crippen LogP contribution >= 0.6 is 0 Å². The SMILES string of the molecule is CN=C(NCCc1cccc(C(=O)NC)c1)N1CCN(Cc2ccccc2)CC1. The molecule has 154 valence electrons. The van der Waals surface area contributed by atoms with Crippen LogP contribution in [-0.4, -0.2) is 68.5 Å². The molecule has 1 amide bonds. The van der Waals surface area contributed by atoms with Crippen LogP contribution < -0.4 is 10.6 Å². The second-order valence-corrected chi connectivity index (χ2v) is 7.25. The Morgan fingerprint density at radius 3 is 2.41 bits per heavy atom. The van der Waals surface area contributed by atoms with Crippen LogP contribution in [0.15, 0.2) is 59.6 Å². The standard InChI is InChI=1S/C23H31N5O/c1-24-22(29)21-10-6-9-19(17-21)11-12-26-23(25-2)28-15-13-27(14-16-28)18-20-7-4-3-5-8-20/h3-10,17H,11-16,18H2,1-2H3,(H,24,29)(H,25,26). The van der Waals surface area contributed by atoms with Gasteiger partial charge >= 0.3 is 0 Å². The Labute approximate surface area is 173 Å². The summed E-state index contributed by atoms with van der Waals surface area (Å²) in [6, 6.07) is 18.4. The van der Waals surface area contributed by atoms with Crippen LogP contribution in [0.3, 0.4) is 0 Å². The number of amides is 1. The molecule has 0 saturated carbocycles. The fourth-order valence-electron chi connectivity index (χ4n) is 3.62. The largest absolute Gasteiger partial charge is 0.356 e. The molecule has 1 fully saturated rings. The molecule has 0 spiro atoms. The van der Waals surface area contributed by atoms with Crippen molar-refractivity contribution >= 4 is 11.9 Å². The molecular formula is C23H31N5O. The Bertz CT molecular complexity index is 813. The molecule has 1 saturated heterocycles. The van der Waals surface area contributed by atoms with Crippen molar-refractivity contribution in [3.05, 3.63) is 71.3 Å². The number of carbonyl (C=O) groups is 1. The van der Waals surface area contributed by atoms with Gasteiger partial charge in [-0.05, 0) is 29.7 Å². The number of aliphatic imine (C=N–C) groups is 1. The van der Waals surface area contributed by atoms with Crippen LogP contribution in [-0.2, 0) is 13.0 Å². The molecule has 6 heteroatoms. The van der Waals surface area contributed by atoms with Crippen LogP contribution in [0.25, 0.3) is 0 Å². The lowest BCUT2D eigenvalue weighted by Crippen LogP contribution is -2.52. The molecule has 6 nitrogen and oxygen atoms in total. The normalized spacial score (nSPS) is 15.2. The van der Waals surface area contributed by atoms with Gasteiger partial charge in [-0.15, -0.1) is 0 Å². The second-order valence-electron chi connectivity index (χ2n) is 7.25. The summed E-state index contributed by atoms with van der Waals surface area (Å²) in [5.41, 5.74) is 3.20. The van der Waals surface area contributed by atoms with Gasteiger partial charge in [-0.3, -0.25) is 14.7 Å². The lowest BCUT2D eigenvalue weighted by molar-refractivity contribution is 0.0963. The van der Waals surface area contributed by atoms with Crippen LogP contribution in [0.4, 0.5) is 0 Å². The maximum atomic E-state index is 11.8. The van der Waals surface area contributed by atoms with Crippen LogP contribution in [0, 0.1) is 0 Å². The molecule has 0 atom stereocenters. The maximum absolute atomic E-state index is 11.8. The molecule has 2 aromatic rings. The maximum Gasteiger partial charge on any atom is 0.251 e. The van der Waals surface area contributed by atoms with E-state index in [1.807, 2.05) is 25.2 Å². The number of guanidine groups is 1. The molecule has 2 N–H and O–H groups in total. The van der Waals surface area contributed by atoms with Gasteiger partial charge in [-0.2, -0.15) is 0 Å². The molecule has 0 bridgehead atoms. The highest BCUT2D eigenvalue weighted by molar-refractivity contribution is 5.94. The van der Waals surface area contributed by atoms with Crippen molar-refractivity contribution in [1.29, 1.82) is 0 Å². The molecule has 0 radical (unpaired) electrons. The van der Waals surface area contributed by atoms with Crippen molar-refractivity contribution in [1.82, 2.24) is 20.4 Å². The average molecular weight is 394 g/mol. The predicted molar refractivity (Wildman–Crippen MR) is 118 cm³/mol. The van der Waals surface area contributed by atoms with Gasteiger partial charge < -0.3 is 15.5 Å². The molecule has 0 aromatic heterocycles. The van der Waals surface area contributed by atoms with Gasteiger partial charge in [0.1, 0.15) is 0 Å². The molecule has 3 rings (SSSR count). The Balaban J connectivity index is 1.45. The minimum absolute atomic E-state index is 0.0519. The molecule has 0 unspecified atom stereocenters. The number of nitrogens with zero attached hydrogens (tertiary/aromatic N) is 3. The van der Waals surface area contributed by atoms with Gasteiger partial charge in [0.25, 0.3) is 5.91 Å². The van der Waals surface area contributed by atoms with Crippen molar-refractivity contribution in [2.24, 2.45) is 4.99 Å². The molecular weight excluding hydrogens is 362 g/mol. The van der Waals surface area contributed by atoms with Crippen molar-refractivity contribution < 1.29 is 4.79 Å². The quantitative estimate of drug-likeness (QED) is 0.582. The van der Waals surface area contributed by atoms with E-state index in [0.29, 0.717) is 5.56 Å². The summed E-state index contributed by atoms with van der Waals surface area (Å²) in [4.78, 5) is 21.1. The summed E-state index contributed by atoms with van der Waals surface area (Å²) < 4.78 is 0. The van der Waals surface area contributed by atoms with E-state index in [0.717, 1.165) is 57.2 Å². The Morgan fingerprint density at radius 2 is 1.72 bits per heavy atom. The van der Waals surface area contributed by atoms with Gasteiger partial charge in [-0.25, -0.2) is 0 Å². The zero-order valence-corrected chi connectivity index (χ0v) is 17.4. The Hall–Kier alpha value is -2.86. The fraction of sp³-hybridized carbons (Fsp3) is 0.391. The summed E-state index contributed by atoms with van der Waals surface area (Å²) in [6.45, 7) is 5.79. The summed E-state index contributed by atoms with van der Waals surface area (Å²) in [5.74, 6) is 0.899. The third kappa shape index (κ3) is 6.06. The van der Waals surface area contributed by atoms with E-state index < -0.39 is 0 Å². The molecule has 1 aliphatic heterocycles. The molecule has 2 aromatic carbocycles. The van der Waals surface area contributed by atoms with Crippen LogP contribution in [0.1, 0.15) is 21.5 Å². The first-order valence-corrected chi connectivity index (χ1v) is 10.2. The highest BCUT2D eigenvalue weighted by Crippen LogP contribution is 2.09. The summed E-state index contributed by atoms with van der Waals surface area (Å²) in [6.07, 6.45) is 0.845. The third-order valence-corrected chi connectivity index (χ3v) is 5.25. The highest BCUT2D eigenvalue weighted by Gasteiger charge is 2.19. The lowest BCUT2D eigenvalue weighted by atomic mass is 10.1. The van der Waals surface area contributed by atoms with Crippen LogP contribution in [0.2, 0.25) is 0 Å². The number of hydrogen-bond acceptors (Lipinski definition) is 3. The number of hydrogen-bond donors (Lipinski definition) is 2. The summed E-state index contributed by atoms with van der Waals surface area (Å²) in [5, 5.41) is 6.14. The molecule has 29 heavy (non-hydrogen) atoms. The van der Waals surface area contributed by atoms with E-state index >= 15 is 0 Å². The third-order valence-electron chi connectivity index (χ3n) is 5.25. The number of benzene rings is 2. The Kier molecular flexibility index (Phi) is 7.64. The van der Waals surface area contributed by atoms with E-state index in [1.54, 1.807) is 7.05 Å². The monoisotopic (exact) mass is 393 g/mol. The number of piperazine rings is 1. The van der Waals surface area contributed by atoms with Crippen LogP contribution in [0.5, 0.6) is 0 Å². The first-order valence-electron chi connectivity index (χ1n) is 10.2. The number of nitrogens with one attached hydrogen (secondary N) is 2. The lowest BCUT2D eigenvalue weighted by Gasteiger charge is -2.36. The molecule has 1 aliphatic rings. The highest BCUT2D eigenvalue weighted by atomic mass is 16.1. The molecule has 0 aliphatic carbocycles. The second kappa shape index (κ2) is 10.6. The predicted octanol–water partition coefficient (Wildman–Crippen LogP) is 1.98. The zero-order valence-electron chi connectivity index (χ0n) is 17.4. The first-order chi connectivity index (χ1) is 14.2. The summed E-state index contributed by atoms with van der Waals surface area (Å²) >= 11 is 0. The fourth-order valence-corrected chi connectivity index (χ4v) is 3.62. The van der Waals surface area contributed by atoms with Gasteiger partial charge in [0, 0.05) is 58.9 Å². The zero-order chi connectivity index (χ0) is 20.5. The van der Waals surface area contributed by atoms with Crippen molar-refractivity contribution in [3.8, 4) is 0 Å². The van der Waals surface area contributed by atoms with E-state index in [9.17, 15) is 4.79 Å². The topological polar surface area (TPSA) is 60.0 Å². The van der Waals surface area contributed by atoms with Gasteiger partial charge in [0.05, 0.1) is 0 Å². The van der Waals surface area contributed by atoms with E-state index in [1.165, 1.54) is 5.56 Å². The molecule has 1 heterocycles. The summed E-state index contributed by atoms with van der Waals surface area (Å²) in [7, 11) is 3.49. The minimum Gasteiger partial charge on any atom is -0.356 e. The van der Waals surface area contributed by atoms with Crippen molar-refractivity contribution in [3.63, 3.8) is 0 Å². The van der Waals surface area contributed by atoms with Crippen molar-refractivity contribution in [2.45, 2.75) is 13.0 Å². The van der Waals surface area contributed by atoms with Crippen molar-refractivity contribution in [2.75, 3.05) is 46.8 Å².